The number of benzene rings is 2. The Labute approximate surface area is 138 Å². The number of rotatable bonds is 3. The van der Waals surface area contributed by atoms with E-state index in [4.69, 9.17) is 0 Å². The minimum atomic E-state index is -3.54. The van der Waals surface area contributed by atoms with Crippen LogP contribution in [0.2, 0.25) is 0 Å². The standard InChI is InChI=1S/C19H21NO2S/c1-15-8-11-18(12-9-15)23(21,22)20-14-16(2)10-13-19(20)17-6-4-3-5-7-17/h3-9,11-12,19H,2,10,13-14H2,1H3. The summed E-state index contributed by atoms with van der Waals surface area (Å²) in [6, 6.07) is 16.8. The van der Waals surface area contributed by atoms with E-state index >= 15 is 0 Å². The molecule has 3 nitrogen and oxygen atoms in total. The van der Waals surface area contributed by atoms with Crippen molar-refractivity contribution in [3.05, 3.63) is 77.9 Å². The summed E-state index contributed by atoms with van der Waals surface area (Å²) in [4.78, 5) is 0.346. The van der Waals surface area contributed by atoms with Crippen LogP contribution in [0.15, 0.2) is 71.6 Å². The molecule has 0 aromatic heterocycles. The Morgan fingerprint density at radius 2 is 1.70 bits per heavy atom. The highest BCUT2D eigenvalue weighted by molar-refractivity contribution is 7.89. The number of nitrogens with zero attached hydrogens (tertiary/aromatic N) is 1. The Hall–Kier alpha value is -1.91. The molecule has 0 N–H and O–H groups in total. The predicted molar refractivity (Wildman–Crippen MR) is 92.6 cm³/mol. The molecule has 0 radical (unpaired) electrons. The third-order valence-electron chi connectivity index (χ3n) is 4.31. The maximum atomic E-state index is 13.1. The van der Waals surface area contributed by atoms with Gasteiger partial charge >= 0.3 is 0 Å². The Bertz CT molecular complexity index is 795. The zero-order valence-electron chi connectivity index (χ0n) is 13.3. The first-order chi connectivity index (χ1) is 11.0. The molecule has 2 aromatic carbocycles. The van der Waals surface area contributed by atoms with Crippen LogP contribution in [0.4, 0.5) is 0 Å². The molecule has 2 aromatic rings. The smallest absolute Gasteiger partial charge is 0.207 e. The van der Waals surface area contributed by atoms with Crippen LogP contribution in [-0.4, -0.2) is 19.3 Å². The molecular formula is C19H21NO2S. The second kappa shape index (κ2) is 6.30. The molecule has 0 saturated carbocycles. The first-order valence-corrected chi connectivity index (χ1v) is 9.22. The summed E-state index contributed by atoms with van der Waals surface area (Å²) in [5, 5.41) is 0. The summed E-state index contributed by atoms with van der Waals surface area (Å²) in [5.74, 6) is 0. The van der Waals surface area contributed by atoms with E-state index in [1.165, 1.54) is 0 Å². The van der Waals surface area contributed by atoms with Crippen LogP contribution >= 0.6 is 0 Å². The molecule has 4 heteroatoms. The monoisotopic (exact) mass is 327 g/mol. The zero-order chi connectivity index (χ0) is 16.4. The van der Waals surface area contributed by atoms with Crippen molar-refractivity contribution in [2.75, 3.05) is 6.54 Å². The Morgan fingerprint density at radius 3 is 2.35 bits per heavy atom. The van der Waals surface area contributed by atoms with Gasteiger partial charge in [-0.2, -0.15) is 4.31 Å². The molecule has 0 amide bonds. The Morgan fingerprint density at radius 1 is 1.04 bits per heavy atom. The molecule has 1 saturated heterocycles. The van der Waals surface area contributed by atoms with Gasteiger partial charge in [0.05, 0.1) is 10.9 Å². The molecule has 3 rings (SSSR count). The first-order valence-electron chi connectivity index (χ1n) is 7.78. The molecule has 0 aliphatic carbocycles. The summed E-state index contributed by atoms with van der Waals surface area (Å²) in [5.41, 5.74) is 3.05. The minimum absolute atomic E-state index is 0.131. The molecule has 0 bridgehead atoms. The van der Waals surface area contributed by atoms with Gasteiger partial charge < -0.3 is 0 Å². The Balaban J connectivity index is 2.02. The summed E-state index contributed by atoms with van der Waals surface area (Å²) < 4.78 is 27.8. The number of hydrogen-bond acceptors (Lipinski definition) is 2. The van der Waals surface area contributed by atoms with E-state index in [0.717, 1.165) is 29.5 Å². The lowest BCUT2D eigenvalue weighted by molar-refractivity contribution is 0.296. The molecule has 120 valence electrons. The highest BCUT2D eigenvalue weighted by atomic mass is 32.2. The molecule has 1 heterocycles. The zero-order valence-corrected chi connectivity index (χ0v) is 14.1. The molecule has 23 heavy (non-hydrogen) atoms. The van der Waals surface area contributed by atoms with E-state index in [1.54, 1.807) is 16.4 Å². The van der Waals surface area contributed by atoms with E-state index < -0.39 is 10.0 Å². The van der Waals surface area contributed by atoms with Gasteiger partial charge in [0.1, 0.15) is 0 Å². The van der Waals surface area contributed by atoms with Crippen LogP contribution in [0.25, 0.3) is 0 Å². The van der Waals surface area contributed by atoms with Crippen LogP contribution in [-0.2, 0) is 10.0 Å². The van der Waals surface area contributed by atoms with Gasteiger partial charge in [0.2, 0.25) is 10.0 Å². The molecular weight excluding hydrogens is 306 g/mol. The van der Waals surface area contributed by atoms with Gasteiger partial charge in [-0.25, -0.2) is 8.42 Å². The third-order valence-corrected chi connectivity index (χ3v) is 6.18. The molecule has 1 unspecified atom stereocenters. The van der Waals surface area contributed by atoms with Crippen LogP contribution < -0.4 is 0 Å². The van der Waals surface area contributed by atoms with Crippen LogP contribution in [0, 0.1) is 6.92 Å². The van der Waals surface area contributed by atoms with Crippen molar-refractivity contribution >= 4 is 10.0 Å². The van der Waals surface area contributed by atoms with E-state index in [0.29, 0.717) is 11.4 Å². The maximum absolute atomic E-state index is 13.1. The summed E-state index contributed by atoms with van der Waals surface area (Å²) in [6.07, 6.45) is 1.63. The summed E-state index contributed by atoms with van der Waals surface area (Å²) >= 11 is 0. The molecule has 0 spiro atoms. The Kier molecular flexibility index (Phi) is 4.37. The first kappa shape index (κ1) is 16.0. The topological polar surface area (TPSA) is 37.4 Å². The maximum Gasteiger partial charge on any atom is 0.243 e. The normalized spacial score (nSPS) is 19.7. The average Bonchev–Trinajstić information content (AvgIpc) is 2.56. The van der Waals surface area contributed by atoms with Crippen molar-refractivity contribution in [3.8, 4) is 0 Å². The highest BCUT2D eigenvalue weighted by Crippen LogP contribution is 2.36. The minimum Gasteiger partial charge on any atom is -0.207 e. The predicted octanol–water partition coefficient (Wildman–Crippen LogP) is 4.08. The molecule has 1 fully saturated rings. The summed E-state index contributed by atoms with van der Waals surface area (Å²) in [7, 11) is -3.54. The van der Waals surface area contributed by atoms with Crippen LogP contribution in [0.1, 0.15) is 30.0 Å². The van der Waals surface area contributed by atoms with Crippen molar-refractivity contribution in [1.82, 2.24) is 4.31 Å². The van der Waals surface area contributed by atoms with Gasteiger partial charge in [-0.1, -0.05) is 60.2 Å². The quantitative estimate of drug-likeness (QED) is 0.797. The lowest BCUT2D eigenvalue weighted by atomic mass is 9.95. The average molecular weight is 327 g/mol. The fourth-order valence-corrected chi connectivity index (χ4v) is 4.67. The van der Waals surface area contributed by atoms with Crippen LogP contribution in [0.3, 0.4) is 0 Å². The van der Waals surface area contributed by atoms with Gasteiger partial charge in [-0.05, 0) is 37.5 Å². The van der Waals surface area contributed by atoms with Gasteiger partial charge in [-0.15, -0.1) is 0 Å². The molecule has 1 aliphatic heterocycles. The van der Waals surface area contributed by atoms with Gasteiger partial charge in [0.15, 0.2) is 0 Å². The van der Waals surface area contributed by atoms with Crippen molar-refractivity contribution in [3.63, 3.8) is 0 Å². The van der Waals surface area contributed by atoms with Crippen molar-refractivity contribution in [2.24, 2.45) is 0 Å². The van der Waals surface area contributed by atoms with E-state index in [2.05, 4.69) is 6.58 Å². The fourth-order valence-electron chi connectivity index (χ4n) is 3.00. The van der Waals surface area contributed by atoms with Gasteiger partial charge in [-0.3, -0.25) is 0 Å². The number of aryl methyl sites for hydroxylation is 1. The second-order valence-corrected chi connectivity index (χ2v) is 7.97. The second-order valence-electron chi connectivity index (χ2n) is 6.08. The highest BCUT2D eigenvalue weighted by Gasteiger charge is 2.35. The largest absolute Gasteiger partial charge is 0.243 e. The molecule has 1 aliphatic rings. The van der Waals surface area contributed by atoms with Crippen molar-refractivity contribution in [1.29, 1.82) is 0 Å². The number of sulfonamides is 1. The lowest BCUT2D eigenvalue weighted by Gasteiger charge is -2.36. The lowest BCUT2D eigenvalue weighted by Crippen LogP contribution is -2.39. The SMILES string of the molecule is C=C1CCC(c2ccccc2)N(S(=O)(=O)c2ccc(C)cc2)C1. The van der Waals surface area contributed by atoms with E-state index in [1.807, 2.05) is 49.4 Å². The van der Waals surface area contributed by atoms with E-state index in [-0.39, 0.29) is 6.04 Å². The van der Waals surface area contributed by atoms with Crippen molar-refractivity contribution < 1.29 is 8.42 Å². The van der Waals surface area contributed by atoms with Crippen molar-refractivity contribution in [2.45, 2.75) is 30.7 Å². The van der Waals surface area contributed by atoms with Gasteiger partial charge in [0, 0.05) is 6.54 Å². The number of piperidine rings is 1. The van der Waals surface area contributed by atoms with E-state index in [9.17, 15) is 8.42 Å². The third kappa shape index (κ3) is 3.23. The fraction of sp³-hybridized carbons (Fsp3) is 0.263. The molecule has 1 atom stereocenters. The summed E-state index contributed by atoms with van der Waals surface area (Å²) in [6.45, 7) is 6.34. The van der Waals surface area contributed by atoms with Gasteiger partial charge in [0.25, 0.3) is 0 Å². The number of hydrogen-bond donors (Lipinski definition) is 0. The van der Waals surface area contributed by atoms with Crippen LogP contribution in [0.5, 0.6) is 0 Å².